The molecule has 0 aliphatic heterocycles. The van der Waals surface area contributed by atoms with Crippen LogP contribution >= 0.6 is 0 Å². The first kappa shape index (κ1) is 15.6. The van der Waals surface area contributed by atoms with E-state index in [1.54, 1.807) is 0 Å². The van der Waals surface area contributed by atoms with Gasteiger partial charge in [-0.15, -0.1) is 0 Å². The molecule has 0 aliphatic rings. The van der Waals surface area contributed by atoms with Gasteiger partial charge in [-0.05, 0) is 12.1 Å². The standard InChI is InChI=1S/C7H4F3NO.C2H2O4/c8-7(9,10)5-1-2-11-6(3-5)4-12;3-1(4)2(5)6/h1-4H;(H,3,4)(H,5,6). The average Bonchev–Trinajstić information content (AvgIpc) is 2.28. The Morgan fingerprint density at radius 2 is 1.72 bits per heavy atom. The smallest absolute Gasteiger partial charge is 0.416 e. The summed E-state index contributed by atoms with van der Waals surface area (Å²) in [7, 11) is 0. The van der Waals surface area contributed by atoms with Gasteiger partial charge in [0.2, 0.25) is 0 Å². The van der Waals surface area contributed by atoms with Gasteiger partial charge in [-0.3, -0.25) is 9.78 Å². The Kier molecular flexibility index (Phi) is 5.46. The molecular formula is C9H6F3NO5. The molecule has 0 aliphatic carbocycles. The average molecular weight is 265 g/mol. The zero-order chi connectivity index (χ0) is 14.3. The minimum Gasteiger partial charge on any atom is -0.473 e. The second kappa shape index (κ2) is 6.33. The summed E-state index contributed by atoms with van der Waals surface area (Å²) in [5.74, 6) is -3.65. The van der Waals surface area contributed by atoms with Crippen molar-refractivity contribution in [1.82, 2.24) is 4.98 Å². The summed E-state index contributed by atoms with van der Waals surface area (Å²) >= 11 is 0. The Labute approximate surface area is 97.7 Å². The van der Waals surface area contributed by atoms with Crippen molar-refractivity contribution in [1.29, 1.82) is 0 Å². The third-order valence-electron chi connectivity index (χ3n) is 1.41. The highest BCUT2D eigenvalue weighted by Crippen LogP contribution is 2.28. The van der Waals surface area contributed by atoms with E-state index in [0.29, 0.717) is 6.07 Å². The quantitative estimate of drug-likeness (QED) is 0.581. The number of hydrogen-bond acceptors (Lipinski definition) is 4. The van der Waals surface area contributed by atoms with Crippen LogP contribution in [0.5, 0.6) is 0 Å². The highest BCUT2D eigenvalue weighted by Gasteiger charge is 2.30. The fourth-order valence-electron chi connectivity index (χ4n) is 0.689. The van der Waals surface area contributed by atoms with Crippen LogP contribution < -0.4 is 0 Å². The molecule has 0 radical (unpaired) electrons. The first-order valence-electron chi connectivity index (χ1n) is 4.13. The van der Waals surface area contributed by atoms with E-state index < -0.39 is 23.7 Å². The maximum absolute atomic E-state index is 12.0. The van der Waals surface area contributed by atoms with Crippen LogP contribution in [0, 0.1) is 0 Å². The number of halogens is 3. The Bertz CT molecular complexity index is 446. The number of carbonyl (C=O) groups is 3. The molecule has 2 N–H and O–H groups in total. The second-order valence-electron chi connectivity index (χ2n) is 2.70. The third kappa shape index (κ3) is 5.58. The van der Waals surface area contributed by atoms with E-state index in [1.807, 2.05) is 0 Å². The molecule has 9 heteroatoms. The molecule has 18 heavy (non-hydrogen) atoms. The van der Waals surface area contributed by atoms with Gasteiger partial charge in [0.05, 0.1) is 5.56 Å². The maximum Gasteiger partial charge on any atom is 0.416 e. The van der Waals surface area contributed by atoms with Gasteiger partial charge >= 0.3 is 18.1 Å². The predicted octanol–water partition coefficient (Wildman–Crippen LogP) is 1.07. The van der Waals surface area contributed by atoms with E-state index in [9.17, 15) is 18.0 Å². The Morgan fingerprint density at radius 1 is 1.22 bits per heavy atom. The number of carboxylic acid groups (broad SMARTS) is 2. The van der Waals surface area contributed by atoms with E-state index in [2.05, 4.69) is 4.98 Å². The van der Waals surface area contributed by atoms with Gasteiger partial charge in [-0.2, -0.15) is 13.2 Å². The van der Waals surface area contributed by atoms with E-state index >= 15 is 0 Å². The number of aromatic nitrogens is 1. The zero-order valence-corrected chi connectivity index (χ0v) is 8.51. The van der Waals surface area contributed by atoms with Gasteiger partial charge in [0.1, 0.15) is 5.69 Å². The lowest BCUT2D eigenvalue weighted by Crippen LogP contribution is -2.09. The summed E-state index contributed by atoms with van der Waals surface area (Å²) in [4.78, 5) is 31.7. The van der Waals surface area contributed by atoms with E-state index in [-0.39, 0.29) is 12.0 Å². The summed E-state index contributed by atoms with van der Waals surface area (Å²) < 4.78 is 35.9. The van der Waals surface area contributed by atoms with Crippen molar-refractivity contribution in [3.8, 4) is 0 Å². The van der Waals surface area contributed by atoms with E-state index in [1.165, 1.54) is 0 Å². The first-order chi connectivity index (χ1) is 8.18. The monoisotopic (exact) mass is 265 g/mol. The number of alkyl halides is 3. The minimum atomic E-state index is -4.42. The lowest BCUT2D eigenvalue weighted by molar-refractivity contribution is -0.159. The van der Waals surface area contributed by atoms with Crippen molar-refractivity contribution >= 4 is 18.2 Å². The fourth-order valence-corrected chi connectivity index (χ4v) is 0.689. The number of aldehydes is 1. The maximum atomic E-state index is 12.0. The van der Waals surface area contributed by atoms with Crippen molar-refractivity contribution in [2.45, 2.75) is 6.18 Å². The molecule has 0 fully saturated rings. The van der Waals surface area contributed by atoms with Gasteiger partial charge in [0, 0.05) is 6.20 Å². The summed E-state index contributed by atoms with van der Waals surface area (Å²) in [6, 6.07) is 1.51. The molecule has 1 aromatic heterocycles. The van der Waals surface area contributed by atoms with Crippen LogP contribution in [-0.2, 0) is 15.8 Å². The molecule has 0 spiro atoms. The van der Waals surface area contributed by atoms with Crippen LogP contribution in [0.2, 0.25) is 0 Å². The van der Waals surface area contributed by atoms with Crippen LogP contribution in [0.1, 0.15) is 16.1 Å². The number of rotatable bonds is 1. The molecule has 0 amide bonds. The molecule has 1 heterocycles. The lowest BCUT2D eigenvalue weighted by atomic mass is 10.2. The van der Waals surface area contributed by atoms with E-state index in [0.717, 1.165) is 12.3 Å². The van der Waals surface area contributed by atoms with Gasteiger partial charge in [-0.25, -0.2) is 9.59 Å². The molecule has 98 valence electrons. The molecule has 1 aromatic rings. The Hall–Kier alpha value is -2.45. The van der Waals surface area contributed by atoms with Crippen LogP contribution in [0.4, 0.5) is 13.2 Å². The second-order valence-corrected chi connectivity index (χ2v) is 2.70. The highest BCUT2D eigenvalue weighted by molar-refractivity contribution is 6.27. The van der Waals surface area contributed by atoms with Crippen molar-refractivity contribution in [3.63, 3.8) is 0 Å². The Balaban J connectivity index is 0.000000411. The van der Waals surface area contributed by atoms with Crippen LogP contribution in [0.25, 0.3) is 0 Å². The molecule has 0 aromatic carbocycles. The highest BCUT2D eigenvalue weighted by atomic mass is 19.4. The fraction of sp³-hybridized carbons (Fsp3) is 0.111. The molecule has 6 nitrogen and oxygen atoms in total. The van der Waals surface area contributed by atoms with Crippen molar-refractivity contribution in [2.75, 3.05) is 0 Å². The number of carbonyl (C=O) groups excluding carboxylic acids is 1. The van der Waals surface area contributed by atoms with Crippen LogP contribution in [0.3, 0.4) is 0 Å². The molecule has 0 unspecified atom stereocenters. The summed E-state index contributed by atoms with van der Waals surface area (Å²) in [6.07, 6.45) is -3.19. The summed E-state index contributed by atoms with van der Waals surface area (Å²) in [5.41, 5.74) is -1.08. The van der Waals surface area contributed by atoms with Crippen molar-refractivity contribution in [2.24, 2.45) is 0 Å². The minimum absolute atomic E-state index is 0.218. The lowest BCUT2D eigenvalue weighted by Gasteiger charge is -2.04. The zero-order valence-electron chi connectivity index (χ0n) is 8.51. The SMILES string of the molecule is O=C(O)C(=O)O.O=Cc1cc(C(F)(F)F)ccn1. The molecule has 0 saturated heterocycles. The molecule has 0 saturated carbocycles. The molecule has 0 bridgehead atoms. The normalized spacial score (nSPS) is 9.94. The van der Waals surface area contributed by atoms with E-state index in [4.69, 9.17) is 19.8 Å². The number of hydrogen-bond donors (Lipinski definition) is 2. The number of aliphatic carboxylic acids is 2. The Morgan fingerprint density at radius 3 is 2.06 bits per heavy atom. The van der Waals surface area contributed by atoms with Gasteiger partial charge in [0.25, 0.3) is 0 Å². The topological polar surface area (TPSA) is 105 Å². The van der Waals surface area contributed by atoms with Gasteiger partial charge in [0.15, 0.2) is 6.29 Å². The first-order valence-corrected chi connectivity index (χ1v) is 4.13. The van der Waals surface area contributed by atoms with Crippen molar-refractivity contribution < 1.29 is 37.8 Å². The molecular weight excluding hydrogens is 259 g/mol. The largest absolute Gasteiger partial charge is 0.473 e. The third-order valence-corrected chi connectivity index (χ3v) is 1.41. The molecule has 1 rings (SSSR count). The molecule has 0 atom stereocenters. The summed E-state index contributed by atoms with van der Waals surface area (Å²) in [6.45, 7) is 0. The van der Waals surface area contributed by atoms with Crippen LogP contribution in [0.15, 0.2) is 18.3 Å². The van der Waals surface area contributed by atoms with Gasteiger partial charge < -0.3 is 10.2 Å². The van der Waals surface area contributed by atoms with Gasteiger partial charge in [-0.1, -0.05) is 0 Å². The predicted molar refractivity (Wildman–Crippen MR) is 49.9 cm³/mol. The number of pyridine rings is 1. The number of nitrogens with zero attached hydrogens (tertiary/aromatic N) is 1. The number of carboxylic acids is 2. The summed E-state index contributed by atoms with van der Waals surface area (Å²) in [5, 5.41) is 14.8. The van der Waals surface area contributed by atoms with Crippen molar-refractivity contribution in [3.05, 3.63) is 29.6 Å². The van der Waals surface area contributed by atoms with Crippen LogP contribution in [-0.4, -0.2) is 33.4 Å².